The van der Waals surface area contributed by atoms with Crippen LogP contribution in [0.1, 0.15) is 10.6 Å². The van der Waals surface area contributed by atoms with Gasteiger partial charge < -0.3 is 10.2 Å². The lowest BCUT2D eigenvalue weighted by Gasteiger charge is -2.12. The number of anilines is 1. The Morgan fingerprint density at radius 3 is 2.61 bits per heavy atom. The summed E-state index contributed by atoms with van der Waals surface area (Å²) in [5, 5.41) is 6.66. The smallest absolute Gasteiger partial charge is 0.0937 e. The van der Waals surface area contributed by atoms with Crippen molar-refractivity contribution in [3.63, 3.8) is 0 Å². The lowest BCUT2D eigenvalue weighted by molar-refractivity contribution is 0.685. The molecule has 2 aromatic rings. The van der Waals surface area contributed by atoms with Gasteiger partial charge in [0.05, 0.1) is 5.01 Å². The van der Waals surface area contributed by atoms with Gasteiger partial charge in [-0.3, -0.25) is 0 Å². The largest absolute Gasteiger partial charge is 0.378 e. The number of aromatic nitrogens is 1. The van der Waals surface area contributed by atoms with Crippen LogP contribution in [0.2, 0.25) is 0 Å². The van der Waals surface area contributed by atoms with E-state index in [9.17, 15) is 0 Å². The van der Waals surface area contributed by atoms with E-state index in [0.717, 1.165) is 19.5 Å². The molecule has 1 heterocycles. The molecule has 0 amide bonds. The maximum Gasteiger partial charge on any atom is 0.0937 e. The minimum atomic E-state index is 0.916. The molecule has 0 aliphatic rings. The molecule has 0 atom stereocenters. The van der Waals surface area contributed by atoms with E-state index in [1.54, 1.807) is 11.3 Å². The van der Waals surface area contributed by atoms with Crippen molar-refractivity contribution in [3.8, 4) is 0 Å². The molecule has 0 spiro atoms. The second-order valence-corrected chi connectivity index (χ2v) is 5.39. The molecule has 2 rings (SSSR count). The molecule has 0 saturated carbocycles. The summed E-state index contributed by atoms with van der Waals surface area (Å²) in [6, 6.07) is 8.65. The fraction of sp³-hybridized carbons (Fsp3) is 0.357. The van der Waals surface area contributed by atoms with Gasteiger partial charge in [-0.1, -0.05) is 12.1 Å². The number of nitrogens with zero attached hydrogens (tertiary/aromatic N) is 2. The second kappa shape index (κ2) is 6.52. The van der Waals surface area contributed by atoms with E-state index in [0.29, 0.717) is 0 Å². The van der Waals surface area contributed by atoms with Gasteiger partial charge in [0.15, 0.2) is 0 Å². The zero-order valence-corrected chi connectivity index (χ0v) is 11.7. The third-order valence-electron chi connectivity index (χ3n) is 2.78. The van der Waals surface area contributed by atoms with E-state index in [-0.39, 0.29) is 0 Å². The SMILES string of the molecule is CN(C)c1ccc(CNCCc2nccs2)cc1. The van der Waals surface area contributed by atoms with Crippen molar-refractivity contribution < 1.29 is 0 Å². The van der Waals surface area contributed by atoms with E-state index in [4.69, 9.17) is 0 Å². The number of thiazole rings is 1. The Balaban J connectivity index is 1.73. The molecule has 3 nitrogen and oxygen atoms in total. The van der Waals surface area contributed by atoms with Crippen LogP contribution in [0.15, 0.2) is 35.8 Å². The predicted molar refractivity (Wildman–Crippen MR) is 78.3 cm³/mol. The quantitative estimate of drug-likeness (QED) is 0.810. The van der Waals surface area contributed by atoms with Crippen molar-refractivity contribution in [2.75, 3.05) is 25.5 Å². The van der Waals surface area contributed by atoms with E-state index in [1.807, 2.05) is 11.6 Å². The summed E-state index contributed by atoms with van der Waals surface area (Å²) in [5.74, 6) is 0. The summed E-state index contributed by atoms with van der Waals surface area (Å²) < 4.78 is 0. The lowest BCUT2D eigenvalue weighted by Crippen LogP contribution is -2.16. The van der Waals surface area contributed by atoms with Crippen LogP contribution in [0.4, 0.5) is 5.69 Å². The Morgan fingerprint density at radius 1 is 1.22 bits per heavy atom. The van der Waals surface area contributed by atoms with Crippen molar-refractivity contribution in [1.82, 2.24) is 10.3 Å². The molecule has 0 bridgehead atoms. The Bertz CT molecular complexity index is 448. The van der Waals surface area contributed by atoms with Crippen LogP contribution in [-0.4, -0.2) is 25.6 Å². The second-order valence-electron chi connectivity index (χ2n) is 4.41. The number of rotatable bonds is 6. The molecule has 4 heteroatoms. The summed E-state index contributed by atoms with van der Waals surface area (Å²) in [7, 11) is 4.11. The average Bonchev–Trinajstić information content (AvgIpc) is 2.88. The van der Waals surface area contributed by atoms with Crippen LogP contribution in [0.3, 0.4) is 0 Å². The van der Waals surface area contributed by atoms with Crippen LogP contribution in [0, 0.1) is 0 Å². The zero-order valence-electron chi connectivity index (χ0n) is 10.9. The molecule has 0 fully saturated rings. The first-order valence-electron chi connectivity index (χ1n) is 6.11. The Labute approximate surface area is 112 Å². The van der Waals surface area contributed by atoms with Crippen molar-refractivity contribution in [3.05, 3.63) is 46.4 Å². The van der Waals surface area contributed by atoms with Gasteiger partial charge >= 0.3 is 0 Å². The van der Waals surface area contributed by atoms with E-state index in [2.05, 4.69) is 53.6 Å². The molecule has 1 aromatic heterocycles. The van der Waals surface area contributed by atoms with Crippen LogP contribution >= 0.6 is 11.3 Å². The fourth-order valence-corrected chi connectivity index (χ4v) is 2.34. The first-order chi connectivity index (χ1) is 8.75. The minimum absolute atomic E-state index is 0.916. The van der Waals surface area contributed by atoms with Gasteiger partial charge in [-0.2, -0.15) is 0 Å². The molecule has 0 radical (unpaired) electrons. The van der Waals surface area contributed by atoms with Crippen molar-refractivity contribution >= 4 is 17.0 Å². The molecule has 0 unspecified atom stereocenters. The van der Waals surface area contributed by atoms with E-state index < -0.39 is 0 Å². The predicted octanol–water partition coefficient (Wildman–Crippen LogP) is 2.54. The summed E-state index contributed by atoms with van der Waals surface area (Å²) in [6.07, 6.45) is 2.87. The highest BCUT2D eigenvalue weighted by atomic mass is 32.1. The van der Waals surface area contributed by atoms with Crippen molar-refractivity contribution in [2.24, 2.45) is 0 Å². The molecule has 18 heavy (non-hydrogen) atoms. The zero-order chi connectivity index (χ0) is 12.8. The molecule has 1 N–H and O–H groups in total. The van der Waals surface area contributed by atoms with E-state index in [1.165, 1.54) is 16.3 Å². The lowest BCUT2D eigenvalue weighted by atomic mass is 10.2. The summed E-state index contributed by atoms with van der Waals surface area (Å²) in [4.78, 5) is 6.38. The minimum Gasteiger partial charge on any atom is -0.378 e. The molecule has 1 aromatic carbocycles. The van der Waals surface area contributed by atoms with Gasteiger partial charge in [0.1, 0.15) is 0 Å². The van der Waals surface area contributed by atoms with Gasteiger partial charge in [0, 0.05) is 50.9 Å². The van der Waals surface area contributed by atoms with Crippen LogP contribution in [0.5, 0.6) is 0 Å². The molecule has 96 valence electrons. The molecule has 0 saturated heterocycles. The third kappa shape index (κ3) is 3.82. The first kappa shape index (κ1) is 13.1. The Kier molecular flexibility index (Phi) is 4.73. The van der Waals surface area contributed by atoms with Gasteiger partial charge in [-0.25, -0.2) is 4.98 Å². The summed E-state index contributed by atoms with van der Waals surface area (Å²) >= 11 is 1.72. The maximum absolute atomic E-state index is 4.26. The number of hydrogen-bond acceptors (Lipinski definition) is 4. The highest BCUT2D eigenvalue weighted by Crippen LogP contribution is 2.12. The molecule has 0 aliphatic heterocycles. The Hall–Kier alpha value is -1.39. The summed E-state index contributed by atoms with van der Waals surface area (Å²) in [6.45, 7) is 1.89. The monoisotopic (exact) mass is 261 g/mol. The maximum atomic E-state index is 4.26. The third-order valence-corrected chi connectivity index (χ3v) is 3.62. The van der Waals surface area contributed by atoms with Crippen LogP contribution in [-0.2, 0) is 13.0 Å². The van der Waals surface area contributed by atoms with Gasteiger partial charge in [-0.15, -0.1) is 11.3 Å². The Morgan fingerprint density at radius 2 is 2.00 bits per heavy atom. The van der Waals surface area contributed by atoms with Crippen LogP contribution < -0.4 is 10.2 Å². The standard InChI is InChI=1S/C14H19N3S/c1-17(2)13-5-3-12(4-6-13)11-15-8-7-14-16-9-10-18-14/h3-6,9-10,15H,7-8,11H2,1-2H3. The van der Waals surface area contributed by atoms with Crippen molar-refractivity contribution in [1.29, 1.82) is 0 Å². The summed E-state index contributed by atoms with van der Waals surface area (Å²) in [5.41, 5.74) is 2.56. The molecular formula is C14H19N3S. The fourth-order valence-electron chi connectivity index (χ4n) is 1.72. The van der Waals surface area contributed by atoms with Crippen LogP contribution in [0.25, 0.3) is 0 Å². The average molecular weight is 261 g/mol. The highest BCUT2D eigenvalue weighted by molar-refractivity contribution is 7.09. The number of benzene rings is 1. The molecular weight excluding hydrogens is 242 g/mol. The number of nitrogens with one attached hydrogen (secondary N) is 1. The normalized spacial score (nSPS) is 10.6. The van der Waals surface area contributed by atoms with Gasteiger partial charge in [-0.05, 0) is 17.7 Å². The number of hydrogen-bond donors (Lipinski definition) is 1. The van der Waals surface area contributed by atoms with Crippen molar-refractivity contribution in [2.45, 2.75) is 13.0 Å². The van der Waals surface area contributed by atoms with Gasteiger partial charge in [0.25, 0.3) is 0 Å². The first-order valence-corrected chi connectivity index (χ1v) is 6.99. The van der Waals surface area contributed by atoms with Gasteiger partial charge in [0.2, 0.25) is 0 Å². The molecule has 0 aliphatic carbocycles. The highest BCUT2D eigenvalue weighted by Gasteiger charge is 1.97. The topological polar surface area (TPSA) is 28.2 Å². The van der Waals surface area contributed by atoms with E-state index >= 15 is 0 Å².